The van der Waals surface area contributed by atoms with Crippen molar-refractivity contribution in [3.8, 4) is 5.95 Å². The van der Waals surface area contributed by atoms with E-state index in [9.17, 15) is 4.79 Å². The Morgan fingerprint density at radius 1 is 1.07 bits per heavy atom. The van der Waals surface area contributed by atoms with Crippen LogP contribution in [0.4, 0.5) is 0 Å². The first-order valence-corrected chi connectivity index (χ1v) is 10.1. The lowest BCUT2D eigenvalue weighted by molar-refractivity contribution is 0.563. The number of benzene rings is 1. The molecule has 3 aromatic rings. The maximum absolute atomic E-state index is 13.1. The minimum atomic E-state index is -0.0653. The smallest absolute Gasteiger partial charge is 0.267 e. The van der Waals surface area contributed by atoms with Crippen molar-refractivity contribution in [1.29, 1.82) is 0 Å². The minimum Gasteiger partial charge on any atom is -0.267 e. The summed E-state index contributed by atoms with van der Waals surface area (Å²) in [6.45, 7) is 4.30. The summed E-state index contributed by atoms with van der Waals surface area (Å²) in [6.07, 6.45) is 8.55. The zero-order valence-corrected chi connectivity index (χ0v) is 16.4. The largest absolute Gasteiger partial charge is 0.277 e. The van der Waals surface area contributed by atoms with Gasteiger partial charge in [0.15, 0.2) is 0 Å². The summed E-state index contributed by atoms with van der Waals surface area (Å²) < 4.78 is 1.38. The summed E-state index contributed by atoms with van der Waals surface area (Å²) >= 11 is 0. The molecule has 5 nitrogen and oxygen atoms in total. The van der Waals surface area contributed by atoms with Crippen LogP contribution < -0.4 is 5.56 Å². The van der Waals surface area contributed by atoms with Crippen LogP contribution in [0.5, 0.6) is 0 Å². The summed E-state index contributed by atoms with van der Waals surface area (Å²) in [7, 11) is 0. The van der Waals surface area contributed by atoms with Gasteiger partial charge < -0.3 is 0 Å². The third-order valence-corrected chi connectivity index (χ3v) is 6.09. The Bertz CT molecular complexity index is 1110. The van der Waals surface area contributed by atoms with Crippen LogP contribution >= 0.6 is 0 Å². The first kappa shape index (κ1) is 17.3. The summed E-state index contributed by atoms with van der Waals surface area (Å²) in [5, 5.41) is 4.43. The van der Waals surface area contributed by atoms with E-state index in [4.69, 9.17) is 0 Å². The molecule has 0 N–H and O–H groups in total. The number of aryl methyl sites for hydroxylation is 2. The molecule has 5 rings (SSSR count). The van der Waals surface area contributed by atoms with Crippen molar-refractivity contribution in [1.82, 2.24) is 19.7 Å². The van der Waals surface area contributed by atoms with Crippen LogP contribution in [0.2, 0.25) is 0 Å². The molecule has 142 valence electrons. The van der Waals surface area contributed by atoms with Crippen LogP contribution in [-0.4, -0.2) is 19.7 Å². The van der Waals surface area contributed by atoms with Crippen LogP contribution in [0.15, 0.2) is 41.5 Å². The van der Waals surface area contributed by atoms with E-state index >= 15 is 0 Å². The average molecular weight is 372 g/mol. The van der Waals surface area contributed by atoms with Gasteiger partial charge in [-0.25, -0.2) is 9.97 Å². The number of rotatable bonds is 3. The number of hydrogen-bond donors (Lipinski definition) is 0. The highest BCUT2D eigenvalue weighted by atomic mass is 16.1. The Morgan fingerprint density at radius 3 is 2.71 bits per heavy atom. The molecule has 1 unspecified atom stereocenters. The first-order valence-electron chi connectivity index (χ1n) is 10.1. The summed E-state index contributed by atoms with van der Waals surface area (Å²) in [4.78, 5) is 22.0. The normalized spacial score (nSPS) is 18.7. The Kier molecular flexibility index (Phi) is 4.11. The molecule has 0 aliphatic heterocycles. The van der Waals surface area contributed by atoms with Crippen molar-refractivity contribution >= 4 is 0 Å². The van der Waals surface area contributed by atoms with Gasteiger partial charge in [0, 0.05) is 23.4 Å². The molecule has 2 aliphatic rings. The summed E-state index contributed by atoms with van der Waals surface area (Å²) in [6, 6.07) is 8.61. The van der Waals surface area contributed by atoms with Crippen LogP contribution in [-0.2, 0) is 12.8 Å². The Morgan fingerprint density at radius 2 is 1.93 bits per heavy atom. The molecule has 2 aromatic heterocycles. The number of fused-ring (bicyclic) bond motifs is 1. The molecule has 0 amide bonds. The number of hydrogen-bond acceptors (Lipinski definition) is 4. The van der Waals surface area contributed by atoms with E-state index in [1.807, 2.05) is 12.3 Å². The van der Waals surface area contributed by atoms with Gasteiger partial charge >= 0.3 is 0 Å². The molecule has 1 fully saturated rings. The maximum Gasteiger partial charge on any atom is 0.277 e. The summed E-state index contributed by atoms with van der Waals surface area (Å²) in [5.41, 5.74) is 6.90. The fourth-order valence-electron chi connectivity index (χ4n) is 4.41. The third kappa shape index (κ3) is 3.05. The monoisotopic (exact) mass is 372 g/mol. The molecule has 5 heteroatoms. The second-order valence-corrected chi connectivity index (χ2v) is 8.22. The highest BCUT2D eigenvalue weighted by Gasteiger charge is 2.27. The van der Waals surface area contributed by atoms with Gasteiger partial charge in [0.05, 0.1) is 6.20 Å². The molecule has 2 aliphatic carbocycles. The van der Waals surface area contributed by atoms with Gasteiger partial charge in [-0.3, -0.25) is 4.79 Å². The fourth-order valence-corrected chi connectivity index (χ4v) is 4.41. The molecule has 1 saturated carbocycles. The molecule has 0 saturated heterocycles. The van der Waals surface area contributed by atoms with E-state index < -0.39 is 0 Å². The Hall–Kier alpha value is -2.82. The second kappa shape index (κ2) is 6.66. The van der Waals surface area contributed by atoms with Crippen molar-refractivity contribution in [2.24, 2.45) is 0 Å². The minimum absolute atomic E-state index is 0.0653. The van der Waals surface area contributed by atoms with Gasteiger partial charge in [0.25, 0.3) is 11.5 Å². The van der Waals surface area contributed by atoms with Gasteiger partial charge in [0.2, 0.25) is 0 Å². The Balaban J connectivity index is 1.47. The molecule has 0 radical (unpaired) electrons. The van der Waals surface area contributed by atoms with E-state index in [0.29, 0.717) is 17.8 Å². The number of nitrogens with zero attached hydrogens (tertiary/aromatic N) is 4. The van der Waals surface area contributed by atoms with Gasteiger partial charge in [-0.1, -0.05) is 23.8 Å². The lowest BCUT2D eigenvalue weighted by Gasteiger charge is -2.26. The highest BCUT2D eigenvalue weighted by Crippen LogP contribution is 2.38. The van der Waals surface area contributed by atoms with Crippen LogP contribution in [0.3, 0.4) is 0 Å². The van der Waals surface area contributed by atoms with Crippen LogP contribution in [0.1, 0.15) is 64.6 Å². The van der Waals surface area contributed by atoms with Crippen LogP contribution in [0, 0.1) is 13.8 Å². The maximum atomic E-state index is 13.1. The van der Waals surface area contributed by atoms with Gasteiger partial charge in [0.1, 0.15) is 0 Å². The highest BCUT2D eigenvalue weighted by molar-refractivity contribution is 5.37. The van der Waals surface area contributed by atoms with E-state index in [1.54, 1.807) is 6.20 Å². The third-order valence-electron chi connectivity index (χ3n) is 6.09. The van der Waals surface area contributed by atoms with Gasteiger partial charge in [-0.15, -0.1) is 0 Å². The lowest BCUT2D eigenvalue weighted by Crippen LogP contribution is -2.30. The van der Waals surface area contributed by atoms with Gasteiger partial charge in [-0.2, -0.15) is 9.78 Å². The van der Waals surface area contributed by atoms with E-state index in [0.717, 1.165) is 36.1 Å². The predicted molar refractivity (Wildman–Crippen MR) is 108 cm³/mol. The fraction of sp³-hybridized carbons (Fsp3) is 0.391. The molecule has 28 heavy (non-hydrogen) atoms. The molecule has 1 atom stereocenters. The quantitative estimate of drug-likeness (QED) is 0.702. The van der Waals surface area contributed by atoms with E-state index in [-0.39, 0.29) is 5.56 Å². The molecule has 0 spiro atoms. The lowest BCUT2D eigenvalue weighted by atomic mass is 9.79. The van der Waals surface area contributed by atoms with Crippen LogP contribution in [0.25, 0.3) is 5.95 Å². The van der Waals surface area contributed by atoms with Gasteiger partial charge in [-0.05, 0) is 74.6 Å². The number of aromatic nitrogens is 4. The zero-order valence-electron chi connectivity index (χ0n) is 16.4. The van der Waals surface area contributed by atoms with Crippen molar-refractivity contribution in [2.45, 2.75) is 57.8 Å². The average Bonchev–Trinajstić information content (AvgIpc) is 3.53. The molecular weight excluding hydrogens is 348 g/mol. The predicted octanol–water partition coefficient (Wildman–Crippen LogP) is 3.79. The standard InChI is InChI=1S/C23H24N4O/c1-14-3-7-19(15(2)11-14)17-6-8-20-18(12-17)13-25-27(22(20)28)23-24-10-9-21(26-23)16-4-5-16/h3,7,9-11,13,16-17H,4-6,8,12H2,1-2H3. The zero-order chi connectivity index (χ0) is 19.3. The molecule has 1 aromatic carbocycles. The van der Waals surface area contributed by atoms with Crippen molar-refractivity contribution in [2.75, 3.05) is 0 Å². The SMILES string of the molecule is Cc1ccc(C2CCc3c(cnn(-c4nccc(C5CC5)n4)c3=O)C2)c(C)c1. The van der Waals surface area contributed by atoms with Crippen molar-refractivity contribution < 1.29 is 0 Å². The topological polar surface area (TPSA) is 60.7 Å². The van der Waals surface area contributed by atoms with E-state index in [1.165, 1.54) is 34.2 Å². The molecular formula is C23H24N4O. The summed E-state index contributed by atoms with van der Waals surface area (Å²) in [5.74, 6) is 1.36. The van der Waals surface area contributed by atoms with E-state index in [2.05, 4.69) is 47.1 Å². The second-order valence-electron chi connectivity index (χ2n) is 8.22. The first-order chi connectivity index (χ1) is 13.6. The van der Waals surface area contributed by atoms with Crippen molar-refractivity contribution in [3.63, 3.8) is 0 Å². The van der Waals surface area contributed by atoms with Crippen molar-refractivity contribution in [3.05, 3.63) is 80.5 Å². The Labute approximate surface area is 164 Å². The molecule has 0 bridgehead atoms. The molecule has 2 heterocycles.